The Morgan fingerprint density at radius 1 is 1.17 bits per heavy atom. The van der Waals surface area contributed by atoms with E-state index in [4.69, 9.17) is 4.99 Å². The van der Waals surface area contributed by atoms with Gasteiger partial charge in [-0.2, -0.15) is 0 Å². The standard InChI is InChI=1S/C23H22N4OSSi/c1-29-23(28)22-20-14-25-21(18-7-5-6-11-24-18)17-13-16(10-12-30(2,3)4)8-9-19(17)27(20)15-26-22/h5-9,11,13,15H,14H2,1-4H3. The molecule has 0 bridgehead atoms. The summed E-state index contributed by atoms with van der Waals surface area (Å²) in [4.78, 5) is 26.1. The molecule has 7 heteroatoms. The van der Waals surface area contributed by atoms with Gasteiger partial charge in [-0.3, -0.25) is 19.3 Å². The average molecular weight is 431 g/mol. The fraction of sp³-hybridized carbons (Fsp3) is 0.217. The van der Waals surface area contributed by atoms with Gasteiger partial charge in [0.15, 0.2) is 0 Å². The van der Waals surface area contributed by atoms with Crippen molar-refractivity contribution in [2.45, 2.75) is 26.2 Å². The van der Waals surface area contributed by atoms with Crippen LogP contribution in [-0.4, -0.2) is 39.7 Å². The second kappa shape index (κ2) is 8.05. The number of hydrogen-bond donors (Lipinski definition) is 0. The van der Waals surface area contributed by atoms with Crippen molar-refractivity contribution >= 4 is 30.7 Å². The van der Waals surface area contributed by atoms with Gasteiger partial charge in [0.25, 0.3) is 0 Å². The van der Waals surface area contributed by atoms with Crippen LogP contribution in [0.1, 0.15) is 33.0 Å². The highest BCUT2D eigenvalue weighted by Crippen LogP contribution is 2.28. The molecule has 0 saturated heterocycles. The van der Waals surface area contributed by atoms with E-state index in [1.54, 1.807) is 18.8 Å². The van der Waals surface area contributed by atoms with Gasteiger partial charge in [0.1, 0.15) is 20.1 Å². The molecule has 5 nitrogen and oxygen atoms in total. The number of carbonyl (C=O) groups is 1. The van der Waals surface area contributed by atoms with E-state index in [2.05, 4.69) is 47.1 Å². The van der Waals surface area contributed by atoms with Gasteiger partial charge in [-0.15, -0.1) is 5.54 Å². The number of thioether (sulfide) groups is 1. The van der Waals surface area contributed by atoms with Crippen molar-refractivity contribution in [1.29, 1.82) is 0 Å². The van der Waals surface area contributed by atoms with Gasteiger partial charge >= 0.3 is 0 Å². The fourth-order valence-corrected chi connectivity index (χ4v) is 4.12. The zero-order valence-electron chi connectivity index (χ0n) is 17.4. The molecule has 0 radical (unpaired) electrons. The van der Waals surface area contributed by atoms with Crippen LogP contribution in [0.25, 0.3) is 5.69 Å². The van der Waals surface area contributed by atoms with Crippen LogP contribution in [-0.2, 0) is 6.54 Å². The molecule has 0 spiro atoms. The summed E-state index contributed by atoms with van der Waals surface area (Å²) in [7, 11) is -1.50. The molecule has 30 heavy (non-hydrogen) atoms. The summed E-state index contributed by atoms with van der Waals surface area (Å²) in [6.45, 7) is 7.04. The van der Waals surface area contributed by atoms with Crippen LogP contribution in [0.4, 0.5) is 0 Å². The summed E-state index contributed by atoms with van der Waals surface area (Å²) < 4.78 is 1.97. The number of rotatable bonds is 2. The van der Waals surface area contributed by atoms with E-state index in [0.717, 1.165) is 45.7 Å². The summed E-state index contributed by atoms with van der Waals surface area (Å²) in [5, 5.41) is -0.0561. The van der Waals surface area contributed by atoms with Gasteiger partial charge in [-0.05, 0) is 36.6 Å². The van der Waals surface area contributed by atoms with E-state index >= 15 is 0 Å². The second-order valence-corrected chi connectivity index (χ2v) is 13.5. The number of fused-ring (bicyclic) bond motifs is 3. The highest BCUT2D eigenvalue weighted by molar-refractivity contribution is 8.13. The van der Waals surface area contributed by atoms with Crippen molar-refractivity contribution in [1.82, 2.24) is 14.5 Å². The van der Waals surface area contributed by atoms with Crippen molar-refractivity contribution in [3.05, 3.63) is 77.1 Å². The maximum atomic E-state index is 12.4. The van der Waals surface area contributed by atoms with E-state index in [1.165, 1.54) is 0 Å². The maximum Gasteiger partial charge on any atom is 0.239 e. The first-order valence-electron chi connectivity index (χ1n) is 9.66. The van der Waals surface area contributed by atoms with Gasteiger partial charge in [-0.1, -0.05) is 43.4 Å². The van der Waals surface area contributed by atoms with Crippen LogP contribution in [0.15, 0.2) is 53.9 Å². The Morgan fingerprint density at radius 2 is 2.00 bits per heavy atom. The van der Waals surface area contributed by atoms with Crippen molar-refractivity contribution in [2.24, 2.45) is 4.99 Å². The minimum atomic E-state index is -1.50. The van der Waals surface area contributed by atoms with E-state index in [0.29, 0.717) is 12.2 Å². The molecule has 150 valence electrons. The summed E-state index contributed by atoms with van der Waals surface area (Å²) in [5.74, 6) is 3.34. The van der Waals surface area contributed by atoms with Crippen molar-refractivity contribution in [3.8, 4) is 17.2 Å². The van der Waals surface area contributed by atoms with Crippen molar-refractivity contribution in [3.63, 3.8) is 0 Å². The summed E-state index contributed by atoms with van der Waals surface area (Å²) >= 11 is 1.16. The molecule has 2 aromatic heterocycles. The number of nitrogens with zero attached hydrogens (tertiary/aromatic N) is 4. The molecule has 0 amide bonds. The SMILES string of the molecule is CSC(=O)c1ncn2c1CN=C(c1ccccn1)c1cc(C#C[Si](C)(C)C)ccc1-2. The number of hydrogen-bond acceptors (Lipinski definition) is 5. The normalized spacial score (nSPS) is 12.7. The third-order valence-electron chi connectivity index (χ3n) is 4.63. The Kier molecular flexibility index (Phi) is 5.46. The Hall–Kier alpha value is -2.95. The minimum Gasteiger partial charge on any atom is -0.300 e. The van der Waals surface area contributed by atoms with E-state index < -0.39 is 8.07 Å². The van der Waals surface area contributed by atoms with Crippen LogP contribution in [0.5, 0.6) is 0 Å². The lowest BCUT2D eigenvalue weighted by molar-refractivity contribution is 0.108. The highest BCUT2D eigenvalue weighted by Gasteiger charge is 2.24. The highest BCUT2D eigenvalue weighted by atomic mass is 32.2. The lowest BCUT2D eigenvalue weighted by atomic mass is 10.0. The average Bonchev–Trinajstić information content (AvgIpc) is 3.09. The van der Waals surface area contributed by atoms with Crippen LogP contribution >= 0.6 is 11.8 Å². The van der Waals surface area contributed by atoms with Crippen LogP contribution in [0, 0.1) is 11.5 Å². The minimum absolute atomic E-state index is 0.0561. The smallest absolute Gasteiger partial charge is 0.239 e. The van der Waals surface area contributed by atoms with Gasteiger partial charge in [0.05, 0.1) is 29.3 Å². The van der Waals surface area contributed by atoms with E-state index in [1.807, 2.05) is 34.9 Å². The van der Waals surface area contributed by atoms with Crippen LogP contribution in [0.3, 0.4) is 0 Å². The van der Waals surface area contributed by atoms with Crippen molar-refractivity contribution < 1.29 is 4.79 Å². The molecule has 0 unspecified atom stereocenters. The molecular weight excluding hydrogens is 408 g/mol. The Bertz CT molecular complexity index is 1210. The largest absolute Gasteiger partial charge is 0.300 e. The number of pyridine rings is 1. The first-order chi connectivity index (χ1) is 14.4. The third-order valence-corrected chi connectivity index (χ3v) is 6.07. The number of imidazole rings is 1. The lowest BCUT2D eigenvalue weighted by Gasteiger charge is -2.12. The van der Waals surface area contributed by atoms with E-state index in [9.17, 15) is 4.79 Å². The summed E-state index contributed by atoms with van der Waals surface area (Å²) in [5.41, 5.74) is 9.10. The molecule has 0 saturated carbocycles. The molecule has 0 aliphatic carbocycles. The van der Waals surface area contributed by atoms with E-state index in [-0.39, 0.29) is 5.12 Å². The summed E-state index contributed by atoms with van der Waals surface area (Å²) in [6.07, 6.45) is 5.24. The topological polar surface area (TPSA) is 60.1 Å². The molecular formula is C23H22N4OSSi. The molecule has 1 aromatic carbocycles. The third kappa shape index (κ3) is 4.02. The van der Waals surface area contributed by atoms with Crippen molar-refractivity contribution in [2.75, 3.05) is 6.26 Å². The molecule has 0 atom stereocenters. The molecule has 4 rings (SSSR count). The Labute approximate surface area is 181 Å². The monoisotopic (exact) mass is 430 g/mol. The lowest BCUT2D eigenvalue weighted by Crippen LogP contribution is -2.16. The zero-order valence-corrected chi connectivity index (χ0v) is 19.2. The molecule has 1 aliphatic heterocycles. The Morgan fingerprint density at radius 3 is 2.70 bits per heavy atom. The predicted octanol–water partition coefficient (Wildman–Crippen LogP) is 4.35. The van der Waals surface area contributed by atoms with Gasteiger partial charge < -0.3 is 0 Å². The van der Waals surface area contributed by atoms with Gasteiger partial charge in [-0.25, -0.2) is 4.98 Å². The first-order valence-corrected chi connectivity index (χ1v) is 14.4. The molecule has 1 aliphatic rings. The van der Waals surface area contributed by atoms with Gasteiger partial charge in [0, 0.05) is 17.3 Å². The molecule has 3 aromatic rings. The quantitative estimate of drug-likeness (QED) is 0.448. The predicted molar refractivity (Wildman–Crippen MR) is 125 cm³/mol. The number of aliphatic imine (C=N–C) groups is 1. The van der Waals surface area contributed by atoms with Crippen LogP contribution in [0.2, 0.25) is 19.6 Å². The van der Waals surface area contributed by atoms with Gasteiger partial charge in [0.2, 0.25) is 5.12 Å². The number of benzene rings is 1. The fourth-order valence-electron chi connectivity index (χ4n) is 3.23. The second-order valence-electron chi connectivity index (χ2n) is 8.01. The molecule has 0 fully saturated rings. The molecule has 3 heterocycles. The molecule has 0 N–H and O–H groups in total. The number of aromatic nitrogens is 3. The van der Waals surface area contributed by atoms with Crippen LogP contribution < -0.4 is 0 Å². The summed E-state index contributed by atoms with van der Waals surface area (Å²) in [6, 6.07) is 11.9. The zero-order chi connectivity index (χ0) is 21.3. The number of carbonyl (C=O) groups excluding carboxylic acids is 1. The Balaban J connectivity index is 1.93. The maximum absolute atomic E-state index is 12.4. The first kappa shape index (κ1) is 20.3.